The van der Waals surface area contributed by atoms with Crippen LogP contribution in [0.5, 0.6) is 0 Å². The number of hydrogen-bond donors (Lipinski definition) is 1. The first-order valence-corrected chi connectivity index (χ1v) is 9.04. The number of hydrogen-bond acceptors (Lipinski definition) is 5. The van der Waals surface area contributed by atoms with E-state index >= 15 is 0 Å². The average Bonchev–Trinajstić information content (AvgIpc) is 2.60. The molecule has 8 heteroatoms. The normalized spacial score (nSPS) is 12.4. The molecule has 1 N–H and O–H groups in total. The van der Waals surface area contributed by atoms with Gasteiger partial charge in [0.05, 0.1) is 6.04 Å². The Balaban J connectivity index is 1.94. The smallest absolute Gasteiger partial charge is 0.412 e. The predicted molar refractivity (Wildman–Crippen MR) is 105 cm³/mol. The molecule has 0 unspecified atom stereocenters. The lowest BCUT2D eigenvalue weighted by Gasteiger charge is -2.29. The Morgan fingerprint density at radius 3 is 2.61 bits per heavy atom. The van der Waals surface area contributed by atoms with E-state index in [0.717, 1.165) is 5.39 Å². The van der Waals surface area contributed by atoms with Crippen molar-refractivity contribution < 1.29 is 23.5 Å². The molecule has 2 rings (SSSR count). The molecular formula is C20H26FN3O4. The SMILES string of the molecule is CC[C@@H](COC(=O)Nc1cc2cc(F)ccc2cn1)N(C)C(=O)OC(C)(C)C. The maximum atomic E-state index is 13.3. The van der Waals surface area contributed by atoms with Crippen LogP contribution in [0.2, 0.25) is 0 Å². The van der Waals surface area contributed by atoms with Crippen molar-refractivity contribution in [2.45, 2.75) is 45.8 Å². The van der Waals surface area contributed by atoms with Crippen molar-refractivity contribution in [2.75, 3.05) is 19.0 Å². The monoisotopic (exact) mass is 391 g/mol. The number of rotatable bonds is 5. The molecule has 0 bridgehead atoms. The van der Waals surface area contributed by atoms with Crippen LogP contribution >= 0.6 is 0 Å². The standard InChI is InChI=1S/C20H26FN3O4/c1-6-16(24(5)19(26)28-20(2,3)4)12-27-18(25)23-17-10-14-9-15(21)8-7-13(14)11-22-17/h7-11,16H,6,12H2,1-5H3,(H,22,23,25)/t16-/m0/s1. The Labute approximate surface area is 163 Å². The molecule has 1 atom stereocenters. The highest BCUT2D eigenvalue weighted by Crippen LogP contribution is 2.18. The van der Waals surface area contributed by atoms with E-state index in [1.807, 2.05) is 6.92 Å². The molecule has 1 heterocycles. The number of carbonyl (C=O) groups excluding carboxylic acids is 2. The fourth-order valence-electron chi connectivity index (χ4n) is 2.48. The fourth-order valence-corrected chi connectivity index (χ4v) is 2.48. The van der Waals surface area contributed by atoms with Gasteiger partial charge in [0.2, 0.25) is 0 Å². The van der Waals surface area contributed by atoms with Gasteiger partial charge in [0.1, 0.15) is 23.8 Å². The zero-order valence-electron chi connectivity index (χ0n) is 16.8. The van der Waals surface area contributed by atoms with E-state index in [-0.39, 0.29) is 24.3 Å². The third kappa shape index (κ3) is 6.07. The molecule has 0 aliphatic heterocycles. The average molecular weight is 391 g/mol. The molecule has 152 valence electrons. The Hall–Kier alpha value is -2.90. The Kier molecular flexibility index (Phi) is 6.77. The molecule has 28 heavy (non-hydrogen) atoms. The van der Waals surface area contributed by atoms with E-state index < -0.39 is 17.8 Å². The number of halogens is 1. The number of nitrogens with one attached hydrogen (secondary N) is 1. The van der Waals surface area contributed by atoms with E-state index in [4.69, 9.17) is 9.47 Å². The van der Waals surface area contributed by atoms with Gasteiger partial charge in [0.25, 0.3) is 0 Å². The van der Waals surface area contributed by atoms with Gasteiger partial charge in [-0.1, -0.05) is 6.92 Å². The molecule has 1 aromatic heterocycles. The van der Waals surface area contributed by atoms with Gasteiger partial charge in [-0.05, 0) is 56.8 Å². The number of anilines is 1. The first-order valence-electron chi connectivity index (χ1n) is 9.04. The van der Waals surface area contributed by atoms with Crippen molar-refractivity contribution in [3.63, 3.8) is 0 Å². The maximum Gasteiger partial charge on any atom is 0.412 e. The van der Waals surface area contributed by atoms with Crippen LogP contribution in [0.4, 0.5) is 19.8 Å². The number of amides is 2. The van der Waals surface area contributed by atoms with Gasteiger partial charge in [-0.3, -0.25) is 5.32 Å². The molecule has 0 aliphatic rings. The largest absolute Gasteiger partial charge is 0.447 e. The second kappa shape index (κ2) is 8.86. The van der Waals surface area contributed by atoms with Gasteiger partial charge < -0.3 is 14.4 Å². The van der Waals surface area contributed by atoms with Crippen LogP contribution in [0.25, 0.3) is 10.8 Å². The fraction of sp³-hybridized carbons (Fsp3) is 0.450. The van der Waals surface area contributed by atoms with E-state index in [1.165, 1.54) is 23.2 Å². The number of benzene rings is 1. The minimum absolute atomic E-state index is 0.000283. The zero-order chi connectivity index (χ0) is 20.9. The highest BCUT2D eigenvalue weighted by Gasteiger charge is 2.25. The quantitative estimate of drug-likeness (QED) is 0.808. The molecule has 0 fully saturated rings. The summed E-state index contributed by atoms with van der Waals surface area (Å²) in [6.45, 7) is 7.23. The molecular weight excluding hydrogens is 365 g/mol. The van der Waals surface area contributed by atoms with Gasteiger partial charge in [-0.25, -0.2) is 19.0 Å². The summed E-state index contributed by atoms with van der Waals surface area (Å²) < 4.78 is 23.9. The topological polar surface area (TPSA) is 80.8 Å². The Morgan fingerprint density at radius 1 is 1.25 bits per heavy atom. The Bertz CT molecular complexity index is 851. The van der Waals surface area contributed by atoms with E-state index in [1.54, 1.807) is 40.0 Å². The summed E-state index contributed by atoms with van der Waals surface area (Å²) in [6.07, 6.45) is 0.923. The summed E-state index contributed by atoms with van der Waals surface area (Å²) in [5.74, 6) is -0.125. The number of aromatic nitrogens is 1. The minimum Gasteiger partial charge on any atom is -0.447 e. The van der Waals surface area contributed by atoms with Crippen molar-refractivity contribution in [3.05, 3.63) is 36.3 Å². The number of pyridine rings is 1. The van der Waals surface area contributed by atoms with Crippen LogP contribution in [0.3, 0.4) is 0 Å². The van der Waals surface area contributed by atoms with Crippen molar-refractivity contribution >= 4 is 28.8 Å². The van der Waals surface area contributed by atoms with E-state index in [2.05, 4.69) is 10.3 Å². The third-order valence-electron chi connectivity index (χ3n) is 4.02. The van der Waals surface area contributed by atoms with Crippen LogP contribution in [0.15, 0.2) is 30.5 Å². The molecule has 2 aromatic rings. The van der Waals surface area contributed by atoms with Crippen molar-refractivity contribution in [3.8, 4) is 0 Å². The summed E-state index contributed by atoms with van der Waals surface area (Å²) in [7, 11) is 1.60. The number of nitrogens with zero attached hydrogens (tertiary/aromatic N) is 2. The van der Waals surface area contributed by atoms with Gasteiger partial charge in [0.15, 0.2) is 0 Å². The first-order chi connectivity index (χ1) is 13.1. The van der Waals surface area contributed by atoms with Gasteiger partial charge >= 0.3 is 12.2 Å². The zero-order valence-corrected chi connectivity index (χ0v) is 16.8. The van der Waals surface area contributed by atoms with Crippen LogP contribution in [-0.2, 0) is 9.47 Å². The molecule has 0 saturated carbocycles. The number of likely N-dealkylation sites (N-methyl/N-ethyl adjacent to an activating group) is 1. The van der Waals surface area contributed by atoms with Crippen molar-refractivity contribution in [1.29, 1.82) is 0 Å². The van der Waals surface area contributed by atoms with Crippen LogP contribution in [-0.4, -0.2) is 47.4 Å². The van der Waals surface area contributed by atoms with Crippen LogP contribution < -0.4 is 5.32 Å². The highest BCUT2D eigenvalue weighted by atomic mass is 19.1. The molecule has 7 nitrogen and oxygen atoms in total. The van der Waals surface area contributed by atoms with E-state index in [9.17, 15) is 14.0 Å². The highest BCUT2D eigenvalue weighted by molar-refractivity contribution is 5.89. The van der Waals surface area contributed by atoms with Crippen LogP contribution in [0, 0.1) is 5.82 Å². The number of ether oxygens (including phenoxy) is 2. The van der Waals surface area contributed by atoms with Gasteiger partial charge in [0, 0.05) is 18.6 Å². The molecule has 0 saturated heterocycles. The second-order valence-corrected chi connectivity index (χ2v) is 7.44. The minimum atomic E-state index is -0.709. The molecule has 2 amide bonds. The van der Waals surface area contributed by atoms with Crippen LogP contribution in [0.1, 0.15) is 34.1 Å². The predicted octanol–water partition coefficient (Wildman–Crippen LogP) is 4.57. The lowest BCUT2D eigenvalue weighted by Crippen LogP contribution is -2.43. The summed E-state index contributed by atoms with van der Waals surface area (Å²) in [5.41, 5.74) is -0.608. The lowest BCUT2D eigenvalue weighted by molar-refractivity contribution is 0.0145. The van der Waals surface area contributed by atoms with Gasteiger partial charge in [-0.15, -0.1) is 0 Å². The third-order valence-corrected chi connectivity index (χ3v) is 4.02. The molecule has 1 aromatic carbocycles. The number of fused-ring (bicyclic) bond motifs is 1. The molecule has 0 aliphatic carbocycles. The lowest BCUT2D eigenvalue weighted by atomic mass is 10.2. The van der Waals surface area contributed by atoms with E-state index in [0.29, 0.717) is 11.8 Å². The summed E-state index contributed by atoms with van der Waals surface area (Å²) >= 11 is 0. The summed E-state index contributed by atoms with van der Waals surface area (Å²) in [4.78, 5) is 29.7. The van der Waals surface area contributed by atoms with Crippen molar-refractivity contribution in [2.24, 2.45) is 0 Å². The molecule has 0 spiro atoms. The molecule has 0 radical (unpaired) electrons. The summed E-state index contributed by atoms with van der Waals surface area (Å²) in [5, 5.41) is 3.88. The van der Waals surface area contributed by atoms with Gasteiger partial charge in [-0.2, -0.15) is 0 Å². The number of carbonyl (C=O) groups is 2. The maximum absolute atomic E-state index is 13.3. The second-order valence-electron chi connectivity index (χ2n) is 7.44. The summed E-state index contributed by atoms with van der Waals surface area (Å²) in [6, 6.07) is 5.54. The Morgan fingerprint density at radius 2 is 1.96 bits per heavy atom. The van der Waals surface area contributed by atoms with Crippen molar-refractivity contribution in [1.82, 2.24) is 9.88 Å². The first kappa shape index (κ1) is 21.4.